The first kappa shape index (κ1) is 14.3. The second kappa shape index (κ2) is 6.81. The number of likely N-dealkylation sites (N-methyl/N-ethyl adjacent to an activating group) is 1. The van der Waals surface area contributed by atoms with E-state index < -0.39 is 0 Å². The maximum atomic E-state index is 8.65. The van der Waals surface area contributed by atoms with Gasteiger partial charge in [-0.3, -0.25) is 4.90 Å². The van der Waals surface area contributed by atoms with Crippen molar-refractivity contribution in [2.45, 2.75) is 44.7 Å². The van der Waals surface area contributed by atoms with Crippen molar-refractivity contribution in [1.82, 2.24) is 9.80 Å². The Kier molecular flexibility index (Phi) is 5.71. The summed E-state index contributed by atoms with van der Waals surface area (Å²) in [5.41, 5.74) is 5.61. The summed E-state index contributed by atoms with van der Waals surface area (Å²) in [4.78, 5) is 4.77. The molecule has 0 radical (unpaired) electrons. The third-order valence-electron chi connectivity index (χ3n) is 3.72. The van der Waals surface area contributed by atoms with Crippen LogP contribution < -0.4 is 5.73 Å². The number of amidine groups is 1. The molecule has 0 bridgehead atoms. The molecule has 2 atom stereocenters. The van der Waals surface area contributed by atoms with Gasteiger partial charge in [-0.1, -0.05) is 12.1 Å². The van der Waals surface area contributed by atoms with Gasteiger partial charge in [0.2, 0.25) is 0 Å². The van der Waals surface area contributed by atoms with Gasteiger partial charge < -0.3 is 15.8 Å². The van der Waals surface area contributed by atoms with E-state index in [9.17, 15) is 0 Å². The molecule has 0 aromatic heterocycles. The number of piperidine rings is 1. The van der Waals surface area contributed by atoms with E-state index >= 15 is 0 Å². The van der Waals surface area contributed by atoms with E-state index in [1.807, 2.05) is 0 Å². The molecular formula is C12H26N4O. The molecule has 1 aliphatic rings. The van der Waals surface area contributed by atoms with Gasteiger partial charge in [0.1, 0.15) is 5.84 Å². The van der Waals surface area contributed by atoms with E-state index in [2.05, 4.69) is 36.0 Å². The lowest BCUT2D eigenvalue weighted by atomic mass is 10.00. The topological polar surface area (TPSA) is 65.1 Å². The van der Waals surface area contributed by atoms with Crippen molar-refractivity contribution < 1.29 is 5.21 Å². The Bertz CT molecular complexity index is 255. The van der Waals surface area contributed by atoms with Gasteiger partial charge in [0.05, 0.1) is 0 Å². The van der Waals surface area contributed by atoms with Gasteiger partial charge in [0.15, 0.2) is 0 Å². The predicted octanol–water partition coefficient (Wildman–Crippen LogP) is 0.928. The molecule has 2 unspecified atom stereocenters. The first-order chi connectivity index (χ1) is 8.08. The largest absolute Gasteiger partial charge is 0.409 e. The molecule has 1 aliphatic heterocycles. The molecule has 0 amide bonds. The van der Waals surface area contributed by atoms with Crippen LogP contribution in [0.3, 0.4) is 0 Å². The molecule has 0 aromatic rings. The van der Waals surface area contributed by atoms with Gasteiger partial charge >= 0.3 is 0 Å². The second-order valence-corrected chi connectivity index (χ2v) is 5.11. The summed E-state index contributed by atoms with van der Waals surface area (Å²) in [5.74, 6) is 0.337. The van der Waals surface area contributed by atoms with Gasteiger partial charge in [-0.05, 0) is 39.9 Å². The minimum Gasteiger partial charge on any atom is -0.409 e. The minimum absolute atomic E-state index is 0.337. The quantitative estimate of drug-likeness (QED) is 0.326. The average Bonchev–Trinajstić information content (AvgIpc) is 2.35. The highest BCUT2D eigenvalue weighted by Gasteiger charge is 2.26. The van der Waals surface area contributed by atoms with Crippen LogP contribution in [0, 0.1) is 0 Å². The fourth-order valence-corrected chi connectivity index (χ4v) is 2.55. The fourth-order valence-electron chi connectivity index (χ4n) is 2.55. The maximum Gasteiger partial charge on any atom is 0.140 e. The first-order valence-electron chi connectivity index (χ1n) is 6.45. The number of oxime groups is 1. The third kappa shape index (κ3) is 4.16. The molecule has 0 aliphatic carbocycles. The van der Waals surface area contributed by atoms with Crippen LogP contribution in [0.5, 0.6) is 0 Å². The van der Waals surface area contributed by atoms with Crippen molar-refractivity contribution in [1.29, 1.82) is 0 Å². The Morgan fingerprint density at radius 1 is 1.59 bits per heavy atom. The van der Waals surface area contributed by atoms with Crippen LogP contribution in [0.4, 0.5) is 0 Å². The highest BCUT2D eigenvalue weighted by atomic mass is 16.4. The molecule has 1 heterocycles. The molecule has 1 rings (SSSR count). The summed E-state index contributed by atoms with van der Waals surface area (Å²) in [6.45, 7) is 4.38. The van der Waals surface area contributed by atoms with Crippen molar-refractivity contribution in [3.8, 4) is 0 Å². The molecule has 5 heteroatoms. The van der Waals surface area contributed by atoms with Crippen LogP contribution in [0.1, 0.15) is 32.6 Å². The molecule has 0 spiro atoms. The van der Waals surface area contributed by atoms with Gasteiger partial charge in [0, 0.05) is 25.0 Å². The summed E-state index contributed by atoms with van der Waals surface area (Å²) in [6.07, 6.45) is 4.20. The first-order valence-corrected chi connectivity index (χ1v) is 6.45. The molecule has 17 heavy (non-hydrogen) atoms. The fraction of sp³-hybridized carbons (Fsp3) is 0.917. The third-order valence-corrected chi connectivity index (χ3v) is 3.72. The molecule has 0 saturated carbocycles. The SMILES string of the molecule is CCC(CC(N)=NO)N1CCCC(N(C)C)C1. The van der Waals surface area contributed by atoms with Crippen LogP contribution in [-0.2, 0) is 0 Å². The number of nitrogens with zero attached hydrogens (tertiary/aromatic N) is 3. The van der Waals surface area contributed by atoms with E-state index in [4.69, 9.17) is 10.9 Å². The van der Waals surface area contributed by atoms with Crippen LogP contribution in [0.2, 0.25) is 0 Å². The van der Waals surface area contributed by atoms with Crippen LogP contribution in [0.25, 0.3) is 0 Å². The highest BCUT2D eigenvalue weighted by molar-refractivity contribution is 5.80. The zero-order valence-corrected chi connectivity index (χ0v) is 11.3. The number of hydrogen-bond acceptors (Lipinski definition) is 4. The van der Waals surface area contributed by atoms with Crippen LogP contribution in [0.15, 0.2) is 5.16 Å². The van der Waals surface area contributed by atoms with Crippen molar-refractivity contribution >= 4 is 5.84 Å². The van der Waals surface area contributed by atoms with E-state index in [0.29, 0.717) is 24.3 Å². The van der Waals surface area contributed by atoms with E-state index in [1.165, 1.54) is 12.8 Å². The van der Waals surface area contributed by atoms with Gasteiger partial charge in [-0.2, -0.15) is 0 Å². The Balaban J connectivity index is 2.56. The zero-order chi connectivity index (χ0) is 12.8. The van der Waals surface area contributed by atoms with E-state index in [0.717, 1.165) is 19.5 Å². The smallest absolute Gasteiger partial charge is 0.140 e. The van der Waals surface area contributed by atoms with Gasteiger partial charge in [0.25, 0.3) is 0 Å². The minimum atomic E-state index is 0.337. The van der Waals surface area contributed by atoms with Gasteiger partial charge in [-0.15, -0.1) is 0 Å². The lowest BCUT2D eigenvalue weighted by Gasteiger charge is -2.40. The van der Waals surface area contributed by atoms with Crippen molar-refractivity contribution in [3.05, 3.63) is 0 Å². The van der Waals surface area contributed by atoms with E-state index in [-0.39, 0.29) is 0 Å². The average molecular weight is 242 g/mol. The molecule has 100 valence electrons. The number of nitrogens with two attached hydrogens (primary N) is 1. The molecule has 1 saturated heterocycles. The lowest BCUT2D eigenvalue weighted by molar-refractivity contribution is 0.0958. The standard InChI is InChI=1S/C12H26N4O/c1-4-10(8-12(13)14-17)16-7-5-6-11(9-16)15(2)3/h10-11,17H,4-9H2,1-3H3,(H2,13,14). The molecule has 5 nitrogen and oxygen atoms in total. The van der Waals surface area contributed by atoms with Crippen molar-refractivity contribution in [2.75, 3.05) is 27.2 Å². The monoisotopic (exact) mass is 242 g/mol. The molecule has 0 aromatic carbocycles. The lowest BCUT2D eigenvalue weighted by Crippen LogP contribution is -2.49. The van der Waals surface area contributed by atoms with Crippen molar-refractivity contribution in [3.63, 3.8) is 0 Å². The Morgan fingerprint density at radius 2 is 2.29 bits per heavy atom. The number of hydrogen-bond donors (Lipinski definition) is 2. The molecule has 3 N–H and O–H groups in total. The maximum absolute atomic E-state index is 8.65. The zero-order valence-electron chi connectivity index (χ0n) is 11.3. The number of likely N-dealkylation sites (tertiary alicyclic amines) is 1. The molecular weight excluding hydrogens is 216 g/mol. The number of rotatable bonds is 5. The summed E-state index contributed by atoms with van der Waals surface area (Å²) >= 11 is 0. The summed E-state index contributed by atoms with van der Waals surface area (Å²) < 4.78 is 0. The Labute approximate surface area is 104 Å². The molecule has 1 fully saturated rings. The second-order valence-electron chi connectivity index (χ2n) is 5.11. The summed E-state index contributed by atoms with van der Waals surface area (Å²) in [6, 6.07) is 1.03. The van der Waals surface area contributed by atoms with Crippen LogP contribution in [-0.4, -0.2) is 60.1 Å². The van der Waals surface area contributed by atoms with Crippen LogP contribution >= 0.6 is 0 Å². The van der Waals surface area contributed by atoms with Gasteiger partial charge in [-0.25, -0.2) is 0 Å². The van der Waals surface area contributed by atoms with Crippen molar-refractivity contribution in [2.24, 2.45) is 10.9 Å². The summed E-state index contributed by atoms with van der Waals surface area (Å²) in [7, 11) is 4.28. The Morgan fingerprint density at radius 3 is 2.82 bits per heavy atom. The van der Waals surface area contributed by atoms with E-state index in [1.54, 1.807) is 0 Å². The highest BCUT2D eigenvalue weighted by Crippen LogP contribution is 2.19. The normalized spacial score (nSPS) is 25.2. The summed E-state index contributed by atoms with van der Waals surface area (Å²) in [5, 5.41) is 11.7. The predicted molar refractivity (Wildman–Crippen MR) is 70.4 cm³/mol. The Hall–Kier alpha value is -0.810.